The van der Waals surface area contributed by atoms with E-state index in [9.17, 15) is 0 Å². The molecule has 7 heteroatoms. The van der Waals surface area contributed by atoms with Gasteiger partial charge in [0.1, 0.15) is 5.01 Å². The second-order valence-electron chi connectivity index (χ2n) is 5.28. The summed E-state index contributed by atoms with van der Waals surface area (Å²) >= 11 is 3.46. The second kappa shape index (κ2) is 9.88. The molecular formula is C18H21IN4S2. The quantitative estimate of drug-likeness (QED) is 0.315. The standard InChI is InChI=1S/C18H20N4S2.HI/c1-13-8-9-15(24-13)10-20-18(19-2)21-11-17-22-16(12-23-17)14-6-4-3-5-7-14;/h3-9,12H,10-11H2,1-2H3,(H2,19,20,21);1H. The predicted molar refractivity (Wildman–Crippen MR) is 119 cm³/mol. The third-order valence-electron chi connectivity index (χ3n) is 3.48. The number of thiazole rings is 1. The van der Waals surface area contributed by atoms with Crippen LogP contribution in [0.2, 0.25) is 0 Å². The molecule has 0 aliphatic rings. The SMILES string of the molecule is CN=C(NCc1ccc(C)s1)NCc1nc(-c2ccccc2)cs1.I. The van der Waals surface area contributed by atoms with Crippen LogP contribution in [0.4, 0.5) is 0 Å². The van der Waals surface area contributed by atoms with Crippen molar-refractivity contribution in [3.05, 3.63) is 62.6 Å². The molecule has 0 radical (unpaired) electrons. The number of benzene rings is 1. The van der Waals surface area contributed by atoms with Crippen molar-refractivity contribution in [1.82, 2.24) is 15.6 Å². The topological polar surface area (TPSA) is 49.3 Å². The van der Waals surface area contributed by atoms with Crippen molar-refractivity contribution in [3.8, 4) is 11.3 Å². The summed E-state index contributed by atoms with van der Waals surface area (Å²) in [7, 11) is 1.78. The molecule has 0 unspecified atom stereocenters. The minimum Gasteiger partial charge on any atom is -0.352 e. The summed E-state index contributed by atoms with van der Waals surface area (Å²) < 4.78 is 0. The normalized spacial score (nSPS) is 11.0. The first-order valence-electron chi connectivity index (χ1n) is 7.74. The zero-order valence-electron chi connectivity index (χ0n) is 14.2. The van der Waals surface area contributed by atoms with E-state index in [0.29, 0.717) is 6.54 Å². The van der Waals surface area contributed by atoms with Crippen molar-refractivity contribution in [2.24, 2.45) is 4.99 Å². The van der Waals surface area contributed by atoms with E-state index in [1.54, 1.807) is 29.7 Å². The van der Waals surface area contributed by atoms with E-state index in [-0.39, 0.29) is 24.0 Å². The van der Waals surface area contributed by atoms with Crippen molar-refractivity contribution in [3.63, 3.8) is 0 Å². The summed E-state index contributed by atoms with van der Waals surface area (Å²) in [5, 5.41) is 9.79. The molecule has 25 heavy (non-hydrogen) atoms. The van der Waals surface area contributed by atoms with Gasteiger partial charge >= 0.3 is 0 Å². The monoisotopic (exact) mass is 484 g/mol. The summed E-state index contributed by atoms with van der Waals surface area (Å²) in [5.41, 5.74) is 2.17. The van der Waals surface area contributed by atoms with Gasteiger partial charge in [-0.3, -0.25) is 4.99 Å². The number of rotatable bonds is 5. The number of nitrogens with zero attached hydrogens (tertiary/aromatic N) is 2. The Balaban J connectivity index is 0.00000225. The Hall–Kier alpha value is -1.45. The molecule has 0 fully saturated rings. The van der Waals surface area contributed by atoms with E-state index >= 15 is 0 Å². The smallest absolute Gasteiger partial charge is 0.191 e. The van der Waals surface area contributed by atoms with Gasteiger partial charge in [-0.15, -0.1) is 46.7 Å². The molecule has 132 valence electrons. The van der Waals surface area contributed by atoms with Gasteiger partial charge < -0.3 is 10.6 Å². The van der Waals surface area contributed by atoms with Gasteiger partial charge in [0.05, 0.1) is 18.8 Å². The fourth-order valence-electron chi connectivity index (χ4n) is 2.26. The van der Waals surface area contributed by atoms with Crippen LogP contribution in [0.5, 0.6) is 0 Å². The zero-order chi connectivity index (χ0) is 16.8. The molecular weight excluding hydrogens is 463 g/mol. The van der Waals surface area contributed by atoms with Crippen LogP contribution in [0, 0.1) is 6.92 Å². The highest BCUT2D eigenvalue weighted by molar-refractivity contribution is 14.0. The molecule has 3 rings (SSSR count). The fourth-order valence-corrected chi connectivity index (χ4v) is 3.84. The molecule has 0 saturated carbocycles. The Bertz CT molecular complexity index is 811. The predicted octanol–water partition coefficient (Wildman–Crippen LogP) is 4.66. The van der Waals surface area contributed by atoms with E-state index < -0.39 is 0 Å². The molecule has 0 atom stereocenters. The average Bonchev–Trinajstić information content (AvgIpc) is 3.25. The Morgan fingerprint density at radius 1 is 1.08 bits per heavy atom. The highest BCUT2D eigenvalue weighted by Gasteiger charge is 2.05. The Morgan fingerprint density at radius 3 is 2.52 bits per heavy atom. The van der Waals surface area contributed by atoms with Crippen molar-refractivity contribution in [2.75, 3.05) is 7.05 Å². The van der Waals surface area contributed by atoms with Gasteiger partial charge in [0, 0.05) is 27.7 Å². The maximum atomic E-state index is 4.68. The van der Waals surface area contributed by atoms with Gasteiger partial charge in [-0.1, -0.05) is 30.3 Å². The van der Waals surface area contributed by atoms with Gasteiger partial charge in [-0.05, 0) is 19.1 Å². The zero-order valence-corrected chi connectivity index (χ0v) is 18.1. The summed E-state index contributed by atoms with van der Waals surface area (Å²) in [6, 6.07) is 14.5. The average molecular weight is 484 g/mol. The molecule has 2 aromatic heterocycles. The van der Waals surface area contributed by atoms with Gasteiger partial charge in [-0.25, -0.2) is 4.98 Å². The lowest BCUT2D eigenvalue weighted by Gasteiger charge is -2.09. The van der Waals surface area contributed by atoms with Gasteiger partial charge in [-0.2, -0.15) is 0 Å². The lowest BCUT2D eigenvalue weighted by atomic mass is 10.2. The molecule has 0 spiro atoms. The first kappa shape index (κ1) is 19.9. The van der Waals surface area contributed by atoms with E-state index in [1.165, 1.54) is 9.75 Å². The van der Waals surface area contributed by atoms with Crippen molar-refractivity contribution >= 4 is 52.6 Å². The van der Waals surface area contributed by atoms with Crippen molar-refractivity contribution in [1.29, 1.82) is 0 Å². The minimum atomic E-state index is 0. The Kier molecular flexibility index (Phi) is 7.86. The summed E-state index contributed by atoms with van der Waals surface area (Å²) in [4.78, 5) is 11.6. The van der Waals surface area contributed by atoms with Crippen LogP contribution in [0.3, 0.4) is 0 Å². The van der Waals surface area contributed by atoms with E-state index in [4.69, 9.17) is 0 Å². The fraction of sp³-hybridized carbons (Fsp3) is 0.222. The Labute approximate surface area is 173 Å². The second-order valence-corrected chi connectivity index (χ2v) is 7.60. The number of halogens is 1. The maximum absolute atomic E-state index is 4.68. The van der Waals surface area contributed by atoms with Crippen LogP contribution in [-0.2, 0) is 13.1 Å². The number of aryl methyl sites for hydroxylation is 1. The number of guanidine groups is 1. The van der Waals surface area contributed by atoms with Crippen LogP contribution in [0.1, 0.15) is 14.8 Å². The molecule has 0 bridgehead atoms. The largest absolute Gasteiger partial charge is 0.352 e. The first-order chi connectivity index (χ1) is 11.7. The highest BCUT2D eigenvalue weighted by atomic mass is 127. The van der Waals surface area contributed by atoms with E-state index in [0.717, 1.165) is 28.8 Å². The first-order valence-corrected chi connectivity index (χ1v) is 9.44. The molecule has 3 aromatic rings. The van der Waals surface area contributed by atoms with E-state index in [1.807, 2.05) is 18.2 Å². The van der Waals surface area contributed by atoms with Crippen molar-refractivity contribution in [2.45, 2.75) is 20.0 Å². The van der Waals surface area contributed by atoms with Crippen LogP contribution >= 0.6 is 46.7 Å². The lowest BCUT2D eigenvalue weighted by Crippen LogP contribution is -2.36. The molecule has 0 aliphatic heterocycles. The summed E-state index contributed by atoms with van der Waals surface area (Å²) in [6.07, 6.45) is 0. The lowest BCUT2D eigenvalue weighted by molar-refractivity contribution is 0.811. The number of thiophene rings is 1. The summed E-state index contributed by atoms with van der Waals surface area (Å²) in [5.74, 6) is 0.789. The summed E-state index contributed by atoms with van der Waals surface area (Å²) in [6.45, 7) is 3.57. The third kappa shape index (κ3) is 5.79. The maximum Gasteiger partial charge on any atom is 0.191 e. The minimum absolute atomic E-state index is 0. The molecule has 0 amide bonds. The number of hydrogen-bond donors (Lipinski definition) is 2. The number of aromatic nitrogens is 1. The molecule has 2 N–H and O–H groups in total. The number of hydrogen-bond acceptors (Lipinski definition) is 4. The molecule has 0 saturated heterocycles. The molecule has 4 nitrogen and oxygen atoms in total. The van der Waals surface area contributed by atoms with Crippen LogP contribution in [-0.4, -0.2) is 18.0 Å². The van der Waals surface area contributed by atoms with Crippen LogP contribution < -0.4 is 10.6 Å². The van der Waals surface area contributed by atoms with Crippen LogP contribution in [0.25, 0.3) is 11.3 Å². The number of nitrogens with one attached hydrogen (secondary N) is 2. The molecule has 2 heterocycles. The van der Waals surface area contributed by atoms with Crippen LogP contribution in [0.15, 0.2) is 52.8 Å². The highest BCUT2D eigenvalue weighted by Crippen LogP contribution is 2.21. The van der Waals surface area contributed by atoms with Gasteiger partial charge in [0.25, 0.3) is 0 Å². The Morgan fingerprint density at radius 2 is 1.84 bits per heavy atom. The number of aliphatic imine (C=N–C) groups is 1. The molecule has 1 aromatic carbocycles. The third-order valence-corrected chi connectivity index (χ3v) is 5.33. The van der Waals surface area contributed by atoms with E-state index in [2.05, 4.69) is 57.2 Å². The van der Waals surface area contributed by atoms with Crippen molar-refractivity contribution < 1.29 is 0 Å². The van der Waals surface area contributed by atoms with Gasteiger partial charge in [0.2, 0.25) is 0 Å². The molecule has 0 aliphatic carbocycles. The van der Waals surface area contributed by atoms with Gasteiger partial charge in [0.15, 0.2) is 5.96 Å².